The van der Waals surface area contributed by atoms with Crippen molar-refractivity contribution in [3.8, 4) is 22.5 Å². The van der Waals surface area contributed by atoms with Gasteiger partial charge in [-0.3, -0.25) is 0 Å². The number of hydrogen-bond acceptors (Lipinski definition) is 5. The second kappa shape index (κ2) is 7.94. The molecule has 1 aromatic carbocycles. The summed E-state index contributed by atoms with van der Waals surface area (Å²) in [6, 6.07) is 6.57. The molecule has 3 rings (SSSR count). The molecule has 9 heteroatoms. The van der Waals surface area contributed by atoms with E-state index in [1.165, 1.54) is 18.5 Å². The number of aromatic nitrogens is 3. The number of halogens is 3. The Morgan fingerprint density at radius 2 is 1.90 bits per heavy atom. The first-order valence-corrected chi connectivity index (χ1v) is 8.93. The molecule has 0 amide bonds. The highest BCUT2D eigenvalue weighted by molar-refractivity contribution is 5.98. The smallest absolute Gasteiger partial charge is 0.416 e. The zero-order valence-corrected chi connectivity index (χ0v) is 15.8. The average Bonchev–Trinajstić information content (AvgIpc) is 3.12. The van der Waals surface area contributed by atoms with Gasteiger partial charge >= 0.3 is 12.1 Å². The Morgan fingerprint density at radius 3 is 2.52 bits per heavy atom. The SMILES string of the molecule is CCOC(=O)c1[nH]c(-c2cc(N)ncn2)cc1-c1cc(C(F)(F)F)ccc1CC. The maximum Gasteiger partial charge on any atom is 0.416 e. The van der Waals surface area contributed by atoms with Crippen LogP contribution in [0.4, 0.5) is 19.0 Å². The van der Waals surface area contributed by atoms with Crippen molar-refractivity contribution in [1.82, 2.24) is 15.0 Å². The molecule has 2 heterocycles. The molecule has 3 aromatic rings. The number of alkyl halides is 3. The van der Waals surface area contributed by atoms with Gasteiger partial charge in [-0.2, -0.15) is 13.2 Å². The van der Waals surface area contributed by atoms with Gasteiger partial charge in [0.15, 0.2) is 0 Å². The summed E-state index contributed by atoms with van der Waals surface area (Å²) >= 11 is 0. The fraction of sp³-hybridized carbons (Fsp3) is 0.250. The molecule has 0 unspecified atom stereocenters. The van der Waals surface area contributed by atoms with Gasteiger partial charge in [0.25, 0.3) is 0 Å². The van der Waals surface area contributed by atoms with Crippen molar-refractivity contribution in [3.63, 3.8) is 0 Å². The molecule has 2 aromatic heterocycles. The number of esters is 1. The third-order valence-electron chi connectivity index (χ3n) is 4.37. The van der Waals surface area contributed by atoms with E-state index in [0.717, 1.165) is 12.1 Å². The molecule has 0 atom stereocenters. The number of nitrogens with zero attached hydrogens (tertiary/aromatic N) is 2. The van der Waals surface area contributed by atoms with Crippen molar-refractivity contribution in [1.29, 1.82) is 0 Å². The third kappa shape index (κ3) is 4.23. The average molecular weight is 404 g/mol. The van der Waals surface area contributed by atoms with Gasteiger partial charge in [-0.25, -0.2) is 14.8 Å². The number of rotatable bonds is 5. The zero-order chi connectivity index (χ0) is 21.2. The lowest BCUT2D eigenvalue weighted by Gasteiger charge is -2.13. The maximum atomic E-state index is 13.3. The van der Waals surface area contributed by atoms with E-state index in [-0.39, 0.29) is 18.1 Å². The Balaban J connectivity index is 2.23. The third-order valence-corrected chi connectivity index (χ3v) is 4.37. The summed E-state index contributed by atoms with van der Waals surface area (Å²) < 4.78 is 44.9. The Morgan fingerprint density at radius 1 is 1.14 bits per heavy atom. The summed E-state index contributed by atoms with van der Waals surface area (Å²) in [5, 5.41) is 0. The van der Waals surface area contributed by atoms with Gasteiger partial charge in [0.2, 0.25) is 0 Å². The number of nitrogen functional groups attached to an aromatic ring is 1. The molecule has 0 saturated heterocycles. The van der Waals surface area contributed by atoms with E-state index in [4.69, 9.17) is 10.5 Å². The minimum Gasteiger partial charge on any atom is -0.461 e. The van der Waals surface area contributed by atoms with Gasteiger partial charge in [-0.1, -0.05) is 13.0 Å². The fourth-order valence-electron chi connectivity index (χ4n) is 3.00. The molecule has 3 N–H and O–H groups in total. The summed E-state index contributed by atoms with van der Waals surface area (Å²) in [5.41, 5.74) is 7.03. The predicted molar refractivity (Wildman–Crippen MR) is 102 cm³/mol. The monoisotopic (exact) mass is 404 g/mol. The van der Waals surface area contributed by atoms with Crippen LogP contribution in [0.1, 0.15) is 35.5 Å². The molecule has 0 aliphatic heterocycles. The number of aryl methyl sites for hydroxylation is 1. The van der Waals surface area contributed by atoms with Gasteiger partial charge in [0.05, 0.1) is 23.6 Å². The van der Waals surface area contributed by atoms with Crippen LogP contribution in [0.2, 0.25) is 0 Å². The number of ether oxygens (including phenoxy) is 1. The number of carbonyl (C=O) groups excluding carboxylic acids is 1. The van der Waals surface area contributed by atoms with Crippen molar-refractivity contribution in [2.24, 2.45) is 0 Å². The lowest BCUT2D eigenvalue weighted by molar-refractivity contribution is -0.137. The van der Waals surface area contributed by atoms with Crippen LogP contribution in [0.15, 0.2) is 36.7 Å². The lowest BCUT2D eigenvalue weighted by atomic mass is 9.95. The number of anilines is 1. The largest absolute Gasteiger partial charge is 0.461 e. The molecule has 6 nitrogen and oxygen atoms in total. The van der Waals surface area contributed by atoms with Crippen molar-refractivity contribution in [3.05, 3.63) is 53.5 Å². The van der Waals surface area contributed by atoms with Crippen LogP contribution in [0.5, 0.6) is 0 Å². The van der Waals surface area contributed by atoms with Crippen LogP contribution >= 0.6 is 0 Å². The standard InChI is InChI=1S/C20H19F3N4O2/c1-3-11-5-6-12(20(21,22)23)7-13(11)14-8-16(15-9-17(24)26-10-25-15)27-18(14)19(28)29-4-2/h5-10,27H,3-4H2,1-2H3,(H2,24,25,26). The van der Waals surface area contributed by atoms with Crippen molar-refractivity contribution < 1.29 is 22.7 Å². The molecule has 0 aliphatic carbocycles. The number of carbonyl (C=O) groups is 1. The summed E-state index contributed by atoms with van der Waals surface area (Å²) in [6.07, 6.45) is -2.76. The van der Waals surface area contributed by atoms with Crippen molar-refractivity contribution in [2.75, 3.05) is 12.3 Å². The van der Waals surface area contributed by atoms with E-state index >= 15 is 0 Å². The summed E-state index contributed by atoms with van der Waals surface area (Å²) in [5.74, 6) is -0.451. The Labute approximate surface area is 164 Å². The molecule has 0 saturated carbocycles. The minimum absolute atomic E-state index is 0.0491. The molecule has 0 radical (unpaired) electrons. The van der Waals surface area contributed by atoms with Crippen LogP contribution in [-0.2, 0) is 17.3 Å². The second-order valence-corrected chi connectivity index (χ2v) is 6.24. The first-order valence-electron chi connectivity index (χ1n) is 8.93. The first kappa shape index (κ1) is 20.4. The number of nitrogens with two attached hydrogens (primary N) is 1. The minimum atomic E-state index is -4.51. The van der Waals surface area contributed by atoms with Gasteiger partial charge in [-0.05, 0) is 42.7 Å². The zero-order valence-electron chi connectivity index (χ0n) is 15.8. The first-order chi connectivity index (χ1) is 13.7. The molecule has 29 heavy (non-hydrogen) atoms. The topological polar surface area (TPSA) is 93.9 Å². The molecule has 0 aliphatic rings. The summed E-state index contributed by atoms with van der Waals surface area (Å²) in [6.45, 7) is 3.60. The normalized spacial score (nSPS) is 11.5. The maximum absolute atomic E-state index is 13.3. The van der Waals surface area contributed by atoms with Crippen LogP contribution < -0.4 is 5.73 Å². The van der Waals surface area contributed by atoms with Gasteiger partial charge in [0.1, 0.15) is 17.8 Å². The van der Waals surface area contributed by atoms with E-state index < -0.39 is 17.7 Å². The quantitative estimate of drug-likeness (QED) is 0.612. The fourth-order valence-corrected chi connectivity index (χ4v) is 3.00. The van der Waals surface area contributed by atoms with E-state index in [9.17, 15) is 18.0 Å². The van der Waals surface area contributed by atoms with E-state index in [0.29, 0.717) is 34.5 Å². The van der Waals surface area contributed by atoms with Gasteiger partial charge in [-0.15, -0.1) is 0 Å². The number of aromatic amines is 1. The van der Waals surface area contributed by atoms with Gasteiger partial charge < -0.3 is 15.5 Å². The Kier molecular flexibility index (Phi) is 5.58. The highest BCUT2D eigenvalue weighted by atomic mass is 19.4. The van der Waals surface area contributed by atoms with Crippen molar-refractivity contribution in [2.45, 2.75) is 26.4 Å². The van der Waals surface area contributed by atoms with Crippen LogP contribution in [0.3, 0.4) is 0 Å². The number of nitrogens with one attached hydrogen (secondary N) is 1. The van der Waals surface area contributed by atoms with Crippen molar-refractivity contribution >= 4 is 11.8 Å². The second-order valence-electron chi connectivity index (χ2n) is 6.24. The van der Waals surface area contributed by atoms with E-state index in [2.05, 4.69) is 15.0 Å². The molecule has 152 valence electrons. The van der Waals surface area contributed by atoms with Gasteiger partial charge in [0, 0.05) is 11.6 Å². The molecule has 0 spiro atoms. The number of benzene rings is 1. The van der Waals surface area contributed by atoms with Crippen LogP contribution in [0, 0.1) is 0 Å². The Bertz CT molecular complexity index is 1040. The van der Waals surface area contributed by atoms with Crippen LogP contribution in [0.25, 0.3) is 22.5 Å². The molecular weight excluding hydrogens is 385 g/mol. The Hall–Kier alpha value is -3.36. The summed E-state index contributed by atoms with van der Waals surface area (Å²) in [7, 11) is 0. The molecule has 0 fully saturated rings. The predicted octanol–water partition coefficient (Wildman–Crippen LogP) is 4.48. The van der Waals surface area contributed by atoms with Crippen LogP contribution in [-0.4, -0.2) is 27.5 Å². The highest BCUT2D eigenvalue weighted by Crippen LogP contribution is 2.37. The highest BCUT2D eigenvalue weighted by Gasteiger charge is 2.32. The van der Waals surface area contributed by atoms with E-state index in [1.54, 1.807) is 13.0 Å². The summed E-state index contributed by atoms with van der Waals surface area (Å²) in [4.78, 5) is 23.3. The van der Waals surface area contributed by atoms with E-state index in [1.807, 2.05) is 6.92 Å². The lowest BCUT2D eigenvalue weighted by Crippen LogP contribution is -2.08. The number of H-pyrrole nitrogens is 1. The molecule has 0 bridgehead atoms. The number of hydrogen-bond donors (Lipinski definition) is 2. The molecular formula is C20H19F3N4O2.